The van der Waals surface area contributed by atoms with E-state index in [1.807, 2.05) is 25.1 Å². The highest BCUT2D eigenvalue weighted by molar-refractivity contribution is 5.89. The number of ether oxygens (including phenoxy) is 3. The number of nitrogens with one attached hydrogen (secondary N) is 1. The van der Waals surface area contributed by atoms with Crippen LogP contribution in [0.1, 0.15) is 31.4 Å². The van der Waals surface area contributed by atoms with Gasteiger partial charge in [-0.15, -0.1) is 0 Å². The minimum atomic E-state index is -2.80. The van der Waals surface area contributed by atoms with E-state index in [1.54, 1.807) is 37.3 Å². The van der Waals surface area contributed by atoms with Crippen LogP contribution in [0, 0.1) is 6.92 Å². The molecule has 8 nitrogen and oxygen atoms in total. The lowest BCUT2D eigenvalue weighted by Gasteiger charge is -2.23. The number of alkyl halides is 2. The lowest BCUT2D eigenvalue weighted by molar-refractivity contribution is -0.149. The molecule has 0 saturated carbocycles. The molecule has 0 aliphatic carbocycles. The molecule has 2 aromatic rings. The van der Waals surface area contributed by atoms with Crippen molar-refractivity contribution in [2.24, 2.45) is 0 Å². The van der Waals surface area contributed by atoms with Crippen LogP contribution in [0.2, 0.25) is 0 Å². The fourth-order valence-corrected chi connectivity index (χ4v) is 3.40. The molecule has 0 bridgehead atoms. The number of carboxylic acid groups (broad SMARTS) is 1. The molecule has 0 radical (unpaired) electrons. The Morgan fingerprint density at radius 2 is 1.78 bits per heavy atom. The highest BCUT2D eigenvalue weighted by atomic mass is 19.3. The summed E-state index contributed by atoms with van der Waals surface area (Å²) in [5, 5.41) is 12.1. The maximum Gasteiger partial charge on any atom is 0.333 e. The minimum absolute atomic E-state index is 0.105. The summed E-state index contributed by atoms with van der Waals surface area (Å²) in [5.74, 6) is -3.26. The Morgan fingerprint density at radius 3 is 2.41 bits per heavy atom. The third-order valence-corrected chi connectivity index (χ3v) is 5.37. The first-order chi connectivity index (χ1) is 17.6. The van der Waals surface area contributed by atoms with Crippen LogP contribution in [-0.4, -0.2) is 73.6 Å². The summed E-state index contributed by atoms with van der Waals surface area (Å²) in [6.45, 7) is 5.43. The van der Waals surface area contributed by atoms with E-state index in [9.17, 15) is 23.5 Å². The maximum atomic E-state index is 13.0. The predicted octanol–water partition coefficient (Wildman–Crippen LogP) is 5.00. The third-order valence-electron chi connectivity index (χ3n) is 5.37. The Balaban J connectivity index is 1.91. The number of anilines is 1. The van der Waals surface area contributed by atoms with Crippen LogP contribution in [0.25, 0.3) is 0 Å². The van der Waals surface area contributed by atoms with E-state index in [4.69, 9.17) is 14.2 Å². The van der Waals surface area contributed by atoms with Gasteiger partial charge in [-0.2, -0.15) is 0 Å². The molecule has 2 N–H and O–H groups in total. The first kappa shape index (κ1) is 30.0. The molecule has 204 valence electrons. The van der Waals surface area contributed by atoms with E-state index < -0.39 is 18.0 Å². The number of carbonyl (C=O) groups excluding carboxylic acids is 1. The molecule has 0 aliphatic heterocycles. The van der Waals surface area contributed by atoms with E-state index >= 15 is 0 Å². The summed E-state index contributed by atoms with van der Waals surface area (Å²) in [6.07, 6.45) is -1.07. The Bertz CT molecular complexity index is 982. The van der Waals surface area contributed by atoms with Crippen LogP contribution in [0.5, 0.6) is 5.75 Å². The number of aryl methyl sites for hydroxylation is 1. The van der Waals surface area contributed by atoms with E-state index in [1.165, 1.54) is 4.90 Å². The van der Waals surface area contributed by atoms with Gasteiger partial charge in [0.15, 0.2) is 6.10 Å². The van der Waals surface area contributed by atoms with Crippen molar-refractivity contribution < 1.29 is 37.7 Å². The molecule has 1 atom stereocenters. The average molecular weight is 523 g/mol. The molecule has 1 unspecified atom stereocenters. The third kappa shape index (κ3) is 12.0. The van der Waals surface area contributed by atoms with Crippen molar-refractivity contribution in [3.8, 4) is 5.75 Å². The zero-order valence-electron chi connectivity index (χ0n) is 21.5. The van der Waals surface area contributed by atoms with Gasteiger partial charge in [0, 0.05) is 31.7 Å². The molecule has 10 heteroatoms. The van der Waals surface area contributed by atoms with E-state index in [0.717, 1.165) is 18.1 Å². The number of carbonyl (C=O) groups is 2. The number of amides is 2. The van der Waals surface area contributed by atoms with Crippen molar-refractivity contribution in [3.05, 3.63) is 59.7 Å². The van der Waals surface area contributed by atoms with Gasteiger partial charge in [-0.1, -0.05) is 24.3 Å². The minimum Gasteiger partial charge on any atom is -0.492 e. The number of aliphatic carboxylic acids is 1. The van der Waals surface area contributed by atoms with Crippen LogP contribution < -0.4 is 10.1 Å². The summed E-state index contributed by atoms with van der Waals surface area (Å²) < 4.78 is 42.3. The molecule has 2 rings (SSSR count). The predicted molar refractivity (Wildman–Crippen MR) is 137 cm³/mol. The molecule has 2 amide bonds. The van der Waals surface area contributed by atoms with E-state index in [2.05, 4.69) is 5.32 Å². The van der Waals surface area contributed by atoms with Gasteiger partial charge in [0.25, 0.3) is 0 Å². The first-order valence-corrected chi connectivity index (χ1v) is 12.2. The lowest BCUT2D eigenvalue weighted by Crippen LogP contribution is -2.40. The summed E-state index contributed by atoms with van der Waals surface area (Å²) in [6, 6.07) is 14.0. The zero-order valence-corrected chi connectivity index (χ0v) is 21.5. The fraction of sp³-hybridized carbons (Fsp3) is 0.481. The summed E-state index contributed by atoms with van der Waals surface area (Å²) in [5.41, 5.74) is 2.43. The second kappa shape index (κ2) is 15.1. The van der Waals surface area contributed by atoms with Gasteiger partial charge < -0.3 is 29.5 Å². The standard InChI is InChI=1S/C27H36F2N2O6/c1-4-36-24(25(32)33)19-21-8-10-23(11-9-21)37-17-14-31(13-16-35-15-12-27(3,28)29)26(34)30-22-7-5-6-20(2)18-22/h5-11,18,24H,4,12-17,19H2,1-3H3,(H,30,34)(H,32,33). The lowest BCUT2D eigenvalue weighted by atomic mass is 10.1. The number of halogens is 2. The van der Waals surface area contributed by atoms with Crippen molar-refractivity contribution >= 4 is 17.7 Å². The largest absolute Gasteiger partial charge is 0.492 e. The van der Waals surface area contributed by atoms with E-state index in [-0.39, 0.29) is 51.8 Å². The molecule has 0 fully saturated rings. The average Bonchev–Trinajstić information content (AvgIpc) is 2.82. The number of hydrogen-bond donors (Lipinski definition) is 2. The van der Waals surface area contributed by atoms with Gasteiger partial charge >= 0.3 is 12.0 Å². The molecule has 37 heavy (non-hydrogen) atoms. The number of benzene rings is 2. The monoisotopic (exact) mass is 522 g/mol. The number of urea groups is 1. The molecule has 0 heterocycles. The summed E-state index contributed by atoms with van der Waals surface area (Å²) in [7, 11) is 0. The van der Waals surface area contributed by atoms with Crippen LogP contribution in [0.3, 0.4) is 0 Å². The molecular weight excluding hydrogens is 486 g/mol. The Hall–Kier alpha value is -3.24. The number of carboxylic acids is 1. The van der Waals surface area contributed by atoms with Crippen LogP contribution in [0.15, 0.2) is 48.5 Å². The van der Waals surface area contributed by atoms with Crippen LogP contribution in [0.4, 0.5) is 19.3 Å². The Labute approximate surface area is 216 Å². The van der Waals surface area contributed by atoms with Crippen molar-refractivity contribution in [2.75, 3.05) is 44.8 Å². The van der Waals surface area contributed by atoms with Gasteiger partial charge in [0.2, 0.25) is 5.92 Å². The van der Waals surface area contributed by atoms with Crippen molar-refractivity contribution in [3.63, 3.8) is 0 Å². The van der Waals surface area contributed by atoms with Crippen LogP contribution >= 0.6 is 0 Å². The zero-order chi connectivity index (χ0) is 27.3. The molecular formula is C27H36F2N2O6. The normalized spacial score (nSPS) is 12.1. The van der Waals surface area contributed by atoms with Gasteiger partial charge in [-0.05, 0) is 56.2 Å². The highest BCUT2D eigenvalue weighted by Crippen LogP contribution is 2.17. The van der Waals surface area contributed by atoms with Crippen LogP contribution in [-0.2, 0) is 20.7 Å². The van der Waals surface area contributed by atoms with Crippen molar-refractivity contribution in [1.82, 2.24) is 4.90 Å². The van der Waals surface area contributed by atoms with Gasteiger partial charge in [0.1, 0.15) is 12.4 Å². The summed E-state index contributed by atoms with van der Waals surface area (Å²) in [4.78, 5) is 25.6. The maximum absolute atomic E-state index is 13.0. The Morgan fingerprint density at radius 1 is 1.08 bits per heavy atom. The fourth-order valence-electron chi connectivity index (χ4n) is 3.40. The van der Waals surface area contributed by atoms with Crippen molar-refractivity contribution in [2.45, 2.75) is 45.6 Å². The molecule has 0 aliphatic rings. The number of rotatable bonds is 16. The second-order valence-corrected chi connectivity index (χ2v) is 8.70. The quantitative estimate of drug-likeness (QED) is 0.301. The van der Waals surface area contributed by atoms with Crippen molar-refractivity contribution in [1.29, 1.82) is 0 Å². The number of hydrogen-bond acceptors (Lipinski definition) is 5. The molecule has 0 aromatic heterocycles. The topological polar surface area (TPSA) is 97.3 Å². The smallest absolute Gasteiger partial charge is 0.333 e. The van der Waals surface area contributed by atoms with E-state index in [0.29, 0.717) is 18.0 Å². The second-order valence-electron chi connectivity index (χ2n) is 8.70. The van der Waals surface area contributed by atoms with Gasteiger partial charge in [-0.25, -0.2) is 18.4 Å². The van der Waals surface area contributed by atoms with Gasteiger partial charge in [-0.3, -0.25) is 0 Å². The molecule has 2 aromatic carbocycles. The SMILES string of the molecule is CCOC(Cc1ccc(OCCN(CCOCCC(C)(F)F)C(=O)Nc2cccc(C)c2)cc1)C(=O)O. The molecule has 0 spiro atoms. The Kier molecular flexibility index (Phi) is 12.2. The highest BCUT2D eigenvalue weighted by Gasteiger charge is 2.21. The molecule has 0 saturated heterocycles. The number of nitrogens with zero attached hydrogens (tertiary/aromatic N) is 1. The van der Waals surface area contributed by atoms with Gasteiger partial charge in [0.05, 0.1) is 19.8 Å². The summed E-state index contributed by atoms with van der Waals surface area (Å²) >= 11 is 0. The first-order valence-electron chi connectivity index (χ1n) is 12.2.